The standard InChI is InChI=1S/C26H25N2P/c1-20-17-21(2)26(22(3)18-20)27-19-23-11-10-16-28(23)29(24-12-6-4-7-13-24)25-14-8-5-9-15-25/h4-19H,1-3H3. The Balaban J connectivity index is 1.77. The zero-order chi connectivity index (χ0) is 20.2. The zero-order valence-corrected chi connectivity index (χ0v) is 18.0. The molecule has 0 aliphatic rings. The predicted molar refractivity (Wildman–Crippen MR) is 127 cm³/mol. The van der Waals surface area contributed by atoms with Gasteiger partial charge in [0, 0.05) is 16.8 Å². The van der Waals surface area contributed by atoms with Gasteiger partial charge in [-0.1, -0.05) is 78.4 Å². The van der Waals surface area contributed by atoms with Crippen molar-refractivity contribution in [3.8, 4) is 0 Å². The van der Waals surface area contributed by atoms with Crippen molar-refractivity contribution in [3.63, 3.8) is 0 Å². The molecular formula is C26H25N2P. The number of hydrogen-bond donors (Lipinski definition) is 0. The summed E-state index contributed by atoms with van der Waals surface area (Å²) in [6, 6.07) is 30.1. The Morgan fingerprint density at radius 2 is 1.28 bits per heavy atom. The monoisotopic (exact) mass is 396 g/mol. The summed E-state index contributed by atoms with van der Waals surface area (Å²) in [5.74, 6) is 0. The number of nitrogens with zero attached hydrogens (tertiary/aromatic N) is 2. The van der Waals surface area contributed by atoms with Crippen molar-refractivity contribution in [2.45, 2.75) is 20.8 Å². The van der Waals surface area contributed by atoms with E-state index in [9.17, 15) is 0 Å². The third kappa shape index (κ3) is 4.23. The molecule has 3 aromatic carbocycles. The van der Waals surface area contributed by atoms with Crippen molar-refractivity contribution in [1.29, 1.82) is 0 Å². The first kappa shape index (κ1) is 19.4. The Hall–Kier alpha value is -2.96. The van der Waals surface area contributed by atoms with Crippen LogP contribution < -0.4 is 10.6 Å². The van der Waals surface area contributed by atoms with Gasteiger partial charge in [0.1, 0.15) is 0 Å². The van der Waals surface area contributed by atoms with Gasteiger partial charge in [-0.05, 0) is 44.0 Å². The van der Waals surface area contributed by atoms with Crippen molar-refractivity contribution in [3.05, 3.63) is 114 Å². The molecule has 0 radical (unpaired) electrons. The van der Waals surface area contributed by atoms with Gasteiger partial charge >= 0.3 is 0 Å². The fourth-order valence-electron chi connectivity index (χ4n) is 3.71. The third-order valence-corrected chi connectivity index (χ3v) is 7.31. The molecular weight excluding hydrogens is 371 g/mol. The highest BCUT2D eigenvalue weighted by atomic mass is 31.1. The number of benzene rings is 3. The highest BCUT2D eigenvalue weighted by molar-refractivity contribution is 7.71. The quantitative estimate of drug-likeness (QED) is 0.288. The van der Waals surface area contributed by atoms with E-state index in [2.05, 4.69) is 116 Å². The maximum Gasteiger partial charge on any atom is 0.0689 e. The Kier molecular flexibility index (Phi) is 5.74. The zero-order valence-electron chi connectivity index (χ0n) is 17.1. The van der Waals surface area contributed by atoms with Gasteiger partial charge in [0.25, 0.3) is 0 Å². The summed E-state index contributed by atoms with van der Waals surface area (Å²) >= 11 is 0. The van der Waals surface area contributed by atoms with E-state index in [1.807, 2.05) is 6.21 Å². The molecule has 2 nitrogen and oxygen atoms in total. The number of rotatable bonds is 5. The van der Waals surface area contributed by atoms with Crippen LogP contribution >= 0.6 is 8.07 Å². The topological polar surface area (TPSA) is 17.3 Å². The SMILES string of the molecule is Cc1cc(C)c(N=Cc2cccn2P(c2ccccc2)c2ccccc2)c(C)c1. The van der Waals surface area contributed by atoms with Crippen LogP contribution in [0.3, 0.4) is 0 Å². The lowest BCUT2D eigenvalue weighted by atomic mass is 10.1. The molecule has 4 rings (SSSR count). The molecule has 0 N–H and O–H groups in total. The van der Waals surface area contributed by atoms with Gasteiger partial charge in [-0.3, -0.25) is 4.99 Å². The Morgan fingerprint density at radius 1 is 0.724 bits per heavy atom. The van der Waals surface area contributed by atoms with Crippen LogP contribution in [0.4, 0.5) is 5.69 Å². The number of aryl methyl sites for hydroxylation is 3. The van der Waals surface area contributed by atoms with Crippen molar-refractivity contribution in [1.82, 2.24) is 4.34 Å². The van der Waals surface area contributed by atoms with Crippen LogP contribution in [-0.2, 0) is 0 Å². The lowest BCUT2D eigenvalue weighted by Gasteiger charge is -2.21. The van der Waals surface area contributed by atoms with Crippen molar-refractivity contribution >= 4 is 30.6 Å². The molecule has 0 fully saturated rings. The van der Waals surface area contributed by atoms with E-state index < -0.39 is 8.07 Å². The summed E-state index contributed by atoms with van der Waals surface area (Å²) < 4.78 is 2.36. The first-order chi connectivity index (χ1) is 14.1. The van der Waals surface area contributed by atoms with E-state index in [1.165, 1.54) is 27.3 Å². The van der Waals surface area contributed by atoms with Gasteiger partial charge in [0.05, 0.1) is 25.7 Å². The summed E-state index contributed by atoms with van der Waals surface area (Å²) in [7, 11) is -0.705. The van der Waals surface area contributed by atoms with Gasteiger partial charge < -0.3 is 4.34 Å². The lowest BCUT2D eigenvalue weighted by molar-refractivity contribution is 1.24. The average Bonchev–Trinajstić information content (AvgIpc) is 3.17. The van der Waals surface area contributed by atoms with Crippen LogP contribution in [0.2, 0.25) is 0 Å². The minimum atomic E-state index is -0.705. The van der Waals surface area contributed by atoms with E-state index in [0.717, 1.165) is 11.4 Å². The molecule has 0 spiro atoms. The van der Waals surface area contributed by atoms with E-state index in [1.54, 1.807) is 0 Å². The highest BCUT2D eigenvalue weighted by Crippen LogP contribution is 2.37. The number of aromatic nitrogens is 1. The summed E-state index contributed by atoms with van der Waals surface area (Å²) in [5, 5.41) is 2.64. The molecule has 0 saturated carbocycles. The van der Waals surface area contributed by atoms with Crippen LogP contribution in [0, 0.1) is 20.8 Å². The molecule has 4 aromatic rings. The maximum absolute atomic E-state index is 4.88. The molecule has 0 aliphatic heterocycles. The molecule has 0 unspecified atom stereocenters. The highest BCUT2D eigenvalue weighted by Gasteiger charge is 2.17. The lowest BCUT2D eigenvalue weighted by Crippen LogP contribution is -2.17. The van der Waals surface area contributed by atoms with Crippen molar-refractivity contribution in [2.24, 2.45) is 4.99 Å². The first-order valence-corrected chi connectivity index (χ1v) is 11.1. The second-order valence-electron chi connectivity index (χ2n) is 7.27. The van der Waals surface area contributed by atoms with Crippen LogP contribution in [0.25, 0.3) is 0 Å². The van der Waals surface area contributed by atoms with E-state index in [0.29, 0.717) is 0 Å². The summed E-state index contributed by atoms with van der Waals surface area (Å²) in [6.45, 7) is 6.39. The first-order valence-electron chi connectivity index (χ1n) is 9.83. The summed E-state index contributed by atoms with van der Waals surface area (Å²) in [6.07, 6.45) is 4.17. The minimum absolute atomic E-state index is 0.705. The van der Waals surface area contributed by atoms with Gasteiger partial charge in [-0.2, -0.15) is 0 Å². The molecule has 144 valence electrons. The maximum atomic E-state index is 4.88. The molecule has 29 heavy (non-hydrogen) atoms. The van der Waals surface area contributed by atoms with E-state index in [4.69, 9.17) is 4.99 Å². The second-order valence-corrected chi connectivity index (χ2v) is 9.35. The smallest absolute Gasteiger partial charge is 0.0689 e. The molecule has 0 bridgehead atoms. The third-order valence-electron chi connectivity index (χ3n) is 4.94. The average molecular weight is 396 g/mol. The molecule has 0 amide bonds. The van der Waals surface area contributed by atoms with Gasteiger partial charge in [-0.15, -0.1) is 0 Å². The van der Waals surface area contributed by atoms with Gasteiger partial charge in [0.2, 0.25) is 0 Å². The Morgan fingerprint density at radius 3 is 1.83 bits per heavy atom. The summed E-state index contributed by atoms with van der Waals surface area (Å²) in [5.41, 5.74) is 5.88. The van der Waals surface area contributed by atoms with Crippen LogP contribution in [-0.4, -0.2) is 10.6 Å². The normalized spacial score (nSPS) is 11.4. The second kappa shape index (κ2) is 8.59. The predicted octanol–water partition coefficient (Wildman–Crippen LogP) is 6.06. The Labute approximate surface area is 174 Å². The van der Waals surface area contributed by atoms with E-state index >= 15 is 0 Å². The van der Waals surface area contributed by atoms with Crippen LogP contribution in [0.5, 0.6) is 0 Å². The fourth-order valence-corrected chi connectivity index (χ4v) is 5.98. The van der Waals surface area contributed by atoms with Crippen LogP contribution in [0.15, 0.2) is 96.1 Å². The molecule has 0 saturated heterocycles. The number of hydrogen-bond acceptors (Lipinski definition) is 1. The van der Waals surface area contributed by atoms with E-state index in [-0.39, 0.29) is 0 Å². The van der Waals surface area contributed by atoms with Gasteiger partial charge in [-0.25, -0.2) is 0 Å². The Bertz CT molecular complexity index is 1070. The summed E-state index contributed by atoms with van der Waals surface area (Å²) in [4.78, 5) is 4.88. The van der Waals surface area contributed by atoms with Gasteiger partial charge in [0.15, 0.2) is 0 Å². The molecule has 0 atom stereocenters. The van der Waals surface area contributed by atoms with Crippen LogP contribution in [0.1, 0.15) is 22.4 Å². The van der Waals surface area contributed by atoms with Crippen molar-refractivity contribution in [2.75, 3.05) is 0 Å². The molecule has 1 aromatic heterocycles. The molecule has 1 heterocycles. The number of aliphatic imine (C=N–C) groups is 1. The minimum Gasteiger partial charge on any atom is -0.317 e. The fraction of sp³-hybridized carbons (Fsp3) is 0.115. The van der Waals surface area contributed by atoms with Crippen molar-refractivity contribution < 1.29 is 0 Å². The largest absolute Gasteiger partial charge is 0.317 e. The molecule has 0 aliphatic carbocycles. The molecule has 3 heteroatoms.